The third kappa shape index (κ3) is 3.64. The Morgan fingerprint density at radius 3 is 3.00 bits per heavy atom. The van der Waals surface area contributed by atoms with Gasteiger partial charge in [-0.05, 0) is 32.2 Å². The second-order valence-electron chi connectivity index (χ2n) is 5.79. The molecule has 1 aromatic heterocycles. The van der Waals surface area contributed by atoms with Crippen molar-refractivity contribution in [2.75, 3.05) is 13.2 Å². The van der Waals surface area contributed by atoms with E-state index in [0.29, 0.717) is 18.3 Å². The maximum Gasteiger partial charge on any atom is 0.251 e. The van der Waals surface area contributed by atoms with Gasteiger partial charge in [-0.2, -0.15) is 0 Å². The van der Waals surface area contributed by atoms with Crippen LogP contribution >= 0.6 is 0 Å². The summed E-state index contributed by atoms with van der Waals surface area (Å²) in [5.74, 6) is 1.23. The smallest absolute Gasteiger partial charge is 0.251 e. The average molecular weight is 265 g/mol. The first-order chi connectivity index (χ1) is 8.99. The standard InChI is InChI=1S/C14H23N3O2/c1-10(2)8-15-9-11-7-12(18)17-13(16-11)14(3)5-4-6-19-14/h7,10,15H,4-6,8-9H2,1-3H3,(H,16,17,18). The van der Waals surface area contributed by atoms with Crippen LogP contribution in [0.1, 0.15) is 45.1 Å². The number of aromatic amines is 1. The van der Waals surface area contributed by atoms with E-state index in [2.05, 4.69) is 29.1 Å². The van der Waals surface area contributed by atoms with E-state index in [-0.39, 0.29) is 5.56 Å². The van der Waals surface area contributed by atoms with Gasteiger partial charge >= 0.3 is 0 Å². The number of H-pyrrole nitrogens is 1. The molecule has 1 aliphatic heterocycles. The number of aromatic nitrogens is 2. The van der Waals surface area contributed by atoms with Crippen molar-refractivity contribution in [3.05, 3.63) is 27.9 Å². The summed E-state index contributed by atoms with van der Waals surface area (Å²) in [6.45, 7) is 8.55. The molecule has 0 aliphatic carbocycles. The summed E-state index contributed by atoms with van der Waals surface area (Å²) in [5, 5.41) is 3.30. The summed E-state index contributed by atoms with van der Waals surface area (Å²) in [6, 6.07) is 1.55. The van der Waals surface area contributed by atoms with E-state index < -0.39 is 5.60 Å². The van der Waals surface area contributed by atoms with Crippen molar-refractivity contribution >= 4 is 0 Å². The van der Waals surface area contributed by atoms with Crippen LogP contribution in [0, 0.1) is 5.92 Å². The molecule has 1 aromatic rings. The lowest BCUT2D eigenvalue weighted by molar-refractivity contribution is 0.00893. The van der Waals surface area contributed by atoms with Crippen LogP contribution in [-0.2, 0) is 16.9 Å². The second-order valence-corrected chi connectivity index (χ2v) is 5.79. The molecule has 2 rings (SSSR count). The van der Waals surface area contributed by atoms with Gasteiger partial charge in [-0.1, -0.05) is 13.8 Å². The summed E-state index contributed by atoms with van der Waals surface area (Å²) in [5.41, 5.74) is 0.229. The van der Waals surface area contributed by atoms with Gasteiger partial charge in [0.15, 0.2) is 0 Å². The topological polar surface area (TPSA) is 67.0 Å². The lowest BCUT2D eigenvalue weighted by Gasteiger charge is -2.22. The van der Waals surface area contributed by atoms with E-state index in [0.717, 1.165) is 31.7 Å². The highest BCUT2D eigenvalue weighted by atomic mass is 16.5. The van der Waals surface area contributed by atoms with Gasteiger partial charge < -0.3 is 15.0 Å². The summed E-state index contributed by atoms with van der Waals surface area (Å²) < 4.78 is 5.73. The SMILES string of the molecule is CC(C)CNCc1cc(=O)[nH]c(C2(C)CCCO2)n1. The van der Waals surface area contributed by atoms with Gasteiger partial charge in [0.1, 0.15) is 11.4 Å². The molecule has 0 bridgehead atoms. The Morgan fingerprint density at radius 2 is 2.37 bits per heavy atom. The normalized spacial score (nSPS) is 23.2. The Balaban J connectivity index is 2.13. The van der Waals surface area contributed by atoms with Crippen LogP contribution in [0.5, 0.6) is 0 Å². The average Bonchev–Trinajstić information content (AvgIpc) is 2.76. The molecule has 2 heterocycles. The molecule has 0 amide bonds. The van der Waals surface area contributed by atoms with Crippen LogP contribution in [0.4, 0.5) is 0 Å². The molecule has 0 radical (unpaired) electrons. The Bertz CT molecular complexity index is 476. The van der Waals surface area contributed by atoms with Crippen molar-refractivity contribution in [2.45, 2.75) is 45.8 Å². The fourth-order valence-electron chi connectivity index (χ4n) is 2.30. The molecule has 5 heteroatoms. The molecule has 0 aromatic carbocycles. The molecular formula is C14H23N3O2. The number of ether oxygens (including phenoxy) is 1. The lowest BCUT2D eigenvalue weighted by atomic mass is 10.0. The van der Waals surface area contributed by atoms with Gasteiger partial charge in [0.05, 0.1) is 5.69 Å². The van der Waals surface area contributed by atoms with E-state index in [1.54, 1.807) is 6.07 Å². The Morgan fingerprint density at radius 1 is 1.58 bits per heavy atom. The van der Waals surface area contributed by atoms with Crippen molar-refractivity contribution in [3.8, 4) is 0 Å². The van der Waals surface area contributed by atoms with E-state index in [1.165, 1.54) is 0 Å². The number of nitrogens with one attached hydrogen (secondary N) is 2. The first-order valence-electron chi connectivity index (χ1n) is 6.95. The lowest BCUT2D eigenvalue weighted by Crippen LogP contribution is -2.29. The third-order valence-electron chi connectivity index (χ3n) is 3.37. The molecule has 106 valence electrons. The zero-order chi connectivity index (χ0) is 13.9. The Hall–Kier alpha value is -1.20. The highest BCUT2D eigenvalue weighted by Gasteiger charge is 2.34. The van der Waals surface area contributed by atoms with Gasteiger partial charge in [0.25, 0.3) is 5.56 Å². The summed E-state index contributed by atoms with van der Waals surface area (Å²) >= 11 is 0. The highest BCUT2D eigenvalue weighted by molar-refractivity contribution is 5.09. The quantitative estimate of drug-likeness (QED) is 0.847. The number of hydrogen-bond donors (Lipinski definition) is 2. The molecule has 1 atom stereocenters. The molecule has 1 saturated heterocycles. The fourth-order valence-corrected chi connectivity index (χ4v) is 2.30. The van der Waals surface area contributed by atoms with E-state index in [4.69, 9.17) is 4.74 Å². The molecule has 1 fully saturated rings. The third-order valence-corrected chi connectivity index (χ3v) is 3.37. The molecule has 1 unspecified atom stereocenters. The van der Waals surface area contributed by atoms with Crippen molar-refractivity contribution < 1.29 is 4.74 Å². The van der Waals surface area contributed by atoms with Crippen LogP contribution in [0.15, 0.2) is 10.9 Å². The maximum atomic E-state index is 11.7. The van der Waals surface area contributed by atoms with Gasteiger partial charge in [-0.3, -0.25) is 4.79 Å². The summed E-state index contributed by atoms with van der Waals surface area (Å²) in [7, 11) is 0. The number of hydrogen-bond acceptors (Lipinski definition) is 4. The van der Waals surface area contributed by atoms with Crippen LogP contribution in [-0.4, -0.2) is 23.1 Å². The number of rotatable bonds is 5. The predicted molar refractivity (Wildman–Crippen MR) is 73.9 cm³/mol. The van der Waals surface area contributed by atoms with Gasteiger partial charge in [0.2, 0.25) is 0 Å². The van der Waals surface area contributed by atoms with Gasteiger partial charge in [-0.25, -0.2) is 4.98 Å². The van der Waals surface area contributed by atoms with E-state index >= 15 is 0 Å². The van der Waals surface area contributed by atoms with Crippen molar-refractivity contribution in [1.82, 2.24) is 15.3 Å². The second kappa shape index (κ2) is 5.84. The minimum absolute atomic E-state index is 0.108. The van der Waals surface area contributed by atoms with E-state index in [1.807, 2.05) is 6.92 Å². The van der Waals surface area contributed by atoms with Crippen LogP contribution in [0.25, 0.3) is 0 Å². The van der Waals surface area contributed by atoms with Gasteiger partial charge in [-0.15, -0.1) is 0 Å². The molecule has 0 saturated carbocycles. The maximum absolute atomic E-state index is 11.7. The van der Waals surface area contributed by atoms with E-state index in [9.17, 15) is 4.79 Å². The van der Waals surface area contributed by atoms with Crippen LogP contribution in [0.3, 0.4) is 0 Å². The molecule has 0 spiro atoms. The minimum atomic E-state index is -0.437. The monoisotopic (exact) mass is 265 g/mol. The molecule has 1 aliphatic rings. The van der Waals surface area contributed by atoms with Crippen molar-refractivity contribution in [1.29, 1.82) is 0 Å². The fraction of sp³-hybridized carbons (Fsp3) is 0.714. The minimum Gasteiger partial charge on any atom is -0.367 e. The molecule has 2 N–H and O–H groups in total. The highest BCUT2D eigenvalue weighted by Crippen LogP contribution is 2.32. The largest absolute Gasteiger partial charge is 0.367 e. The van der Waals surface area contributed by atoms with Crippen molar-refractivity contribution in [2.24, 2.45) is 5.92 Å². The zero-order valence-electron chi connectivity index (χ0n) is 12.0. The van der Waals surface area contributed by atoms with Crippen LogP contribution in [0.2, 0.25) is 0 Å². The number of nitrogens with zero attached hydrogens (tertiary/aromatic N) is 1. The predicted octanol–water partition coefficient (Wildman–Crippen LogP) is 1.54. The molecule has 5 nitrogen and oxygen atoms in total. The first-order valence-corrected chi connectivity index (χ1v) is 6.95. The van der Waals surface area contributed by atoms with Crippen LogP contribution < -0.4 is 10.9 Å². The first kappa shape index (κ1) is 14.2. The summed E-state index contributed by atoms with van der Waals surface area (Å²) in [6.07, 6.45) is 1.91. The molecular weight excluding hydrogens is 242 g/mol. The summed E-state index contributed by atoms with van der Waals surface area (Å²) in [4.78, 5) is 19.1. The molecule has 19 heavy (non-hydrogen) atoms. The zero-order valence-corrected chi connectivity index (χ0v) is 12.0. The van der Waals surface area contributed by atoms with Crippen molar-refractivity contribution in [3.63, 3.8) is 0 Å². The van der Waals surface area contributed by atoms with Gasteiger partial charge in [0, 0.05) is 19.2 Å². The Labute approximate surface area is 113 Å². The Kier molecular flexibility index (Phi) is 4.37.